The number of nitrogens with two attached hydrogens (primary N) is 1. The van der Waals surface area contributed by atoms with Gasteiger partial charge in [-0.05, 0) is 24.3 Å². The number of nitrogen functional groups attached to an aromatic ring is 1. The maximum Gasteiger partial charge on any atom is 0.331 e. The Balaban J connectivity index is 1.64. The molecule has 0 aliphatic rings. The van der Waals surface area contributed by atoms with Crippen molar-refractivity contribution in [2.75, 3.05) is 11.1 Å². The summed E-state index contributed by atoms with van der Waals surface area (Å²) >= 11 is 0. The van der Waals surface area contributed by atoms with Crippen molar-refractivity contribution in [1.29, 1.82) is 0 Å². The van der Waals surface area contributed by atoms with Crippen LogP contribution in [0.5, 0.6) is 0 Å². The summed E-state index contributed by atoms with van der Waals surface area (Å²) in [5, 5.41) is 14.0. The van der Waals surface area contributed by atoms with E-state index in [2.05, 4.69) is 20.3 Å². The molecule has 0 radical (unpaired) electrons. The first-order valence-electron chi connectivity index (χ1n) is 8.42. The Morgan fingerprint density at radius 2 is 1.83 bits per heavy atom. The molecule has 0 unspecified atom stereocenters. The molecule has 3 N–H and O–H groups in total. The van der Waals surface area contributed by atoms with Gasteiger partial charge < -0.3 is 15.8 Å². The van der Waals surface area contributed by atoms with Gasteiger partial charge in [0, 0.05) is 17.8 Å². The highest BCUT2D eigenvalue weighted by molar-refractivity contribution is 5.87. The molecule has 10 nitrogen and oxygen atoms in total. The number of nitro groups is 1. The molecule has 146 valence electrons. The summed E-state index contributed by atoms with van der Waals surface area (Å²) in [6.45, 7) is -0.240. The highest BCUT2D eigenvalue weighted by Crippen LogP contribution is 2.19. The molecule has 0 saturated heterocycles. The van der Waals surface area contributed by atoms with Crippen molar-refractivity contribution in [2.24, 2.45) is 0 Å². The molecular formula is C19H16N6O4. The molecule has 3 aromatic rings. The van der Waals surface area contributed by atoms with Crippen LogP contribution in [0.4, 0.5) is 23.3 Å². The number of hydrogen-bond acceptors (Lipinski definition) is 9. The van der Waals surface area contributed by atoms with Crippen molar-refractivity contribution >= 4 is 35.3 Å². The minimum atomic E-state index is -0.709. The van der Waals surface area contributed by atoms with Gasteiger partial charge >= 0.3 is 5.97 Å². The largest absolute Gasteiger partial charge is 0.454 e. The number of para-hydroxylation sites is 2. The van der Waals surface area contributed by atoms with Crippen LogP contribution in [-0.4, -0.2) is 25.8 Å². The van der Waals surface area contributed by atoms with E-state index >= 15 is 0 Å². The van der Waals surface area contributed by atoms with E-state index in [0.29, 0.717) is 0 Å². The van der Waals surface area contributed by atoms with Gasteiger partial charge in [0.25, 0.3) is 5.69 Å². The Bertz CT molecular complexity index is 1060. The second kappa shape index (κ2) is 9.04. The van der Waals surface area contributed by atoms with Crippen molar-refractivity contribution in [1.82, 2.24) is 15.0 Å². The summed E-state index contributed by atoms with van der Waals surface area (Å²) in [5.41, 5.74) is 6.61. The lowest BCUT2D eigenvalue weighted by molar-refractivity contribution is -0.385. The van der Waals surface area contributed by atoms with Crippen molar-refractivity contribution < 1.29 is 14.5 Å². The first kappa shape index (κ1) is 19.4. The third-order valence-electron chi connectivity index (χ3n) is 3.60. The Hall–Kier alpha value is -4.34. The SMILES string of the molecule is Nc1nc(COC(=O)/C=C/c2ccccc2[N+](=O)[O-])nc(Nc2ccccc2)n1. The second-order valence-electron chi connectivity index (χ2n) is 5.68. The number of rotatable bonds is 7. The van der Waals surface area contributed by atoms with Gasteiger partial charge in [-0.1, -0.05) is 30.3 Å². The molecule has 0 aliphatic carbocycles. The average molecular weight is 392 g/mol. The van der Waals surface area contributed by atoms with Gasteiger partial charge in [0.15, 0.2) is 12.4 Å². The number of carbonyl (C=O) groups excluding carboxylic acids is 1. The lowest BCUT2D eigenvalue weighted by atomic mass is 10.1. The molecule has 1 heterocycles. The molecule has 1 aromatic heterocycles. The molecule has 0 fully saturated rings. The highest BCUT2D eigenvalue weighted by Gasteiger charge is 2.11. The number of esters is 1. The summed E-state index contributed by atoms with van der Waals surface area (Å²) in [7, 11) is 0. The number of hydrogen-bond donors (Lipinski definition) is 2. The lowest BCUT2D eigenvalue weighted by Gasteiger charge is -2.07. The van der Waals surface area contributed by atoms with Crippen LogP contribution in [0.1, 0.15) is 11.4 Å². The monoisotopic (exact) mass is 392 g/mol. The molecule has 10 heteroatoms. The van der Waals surface area contributed by atoms with E-state index in [-0.39, 0.29) is 35.6 Å². The standard InChI is InChI=1S/C19H16N6O4/c20-18-22-16(23-19(24-18)21-14-7-2-1-3-8-14)12-29-17(26)11-10-13-6-4-5-9-15(13)25(27)28/h1-11H,12H2,(H3,20,21,22,23,24)/b11-10+. The number of aromatic nitrogens is 3. The van der Waals surface area contributed by atoms with Gasteiger partial charge in [0.1, 0.15) is 0 Å². The average Bonchev–Trinajstić information content (AvgIpc) is 2.71. The number of nitrogens with one attached hydrogen (secondary N) is 1. The third kappa shape index (κ3) is 5.57. The number of anilines is 3. The summed E-state index contributed by atoms with van der Waals surface area (Å²) in [5.74, 6) is -0.367. The van der Waals surface area contributed by atoms with Crippen LogP contribution in [0.2, 0.25) is 0 Å². The van der Waals surface area contributed by atoms with E-state index in [1.54, 1.807) is 12.1 Å². The predicted molar refractivity (Wildman–Crippen MR) is 106 cm³/mol. The first-order chi connectivity index (χ1) is 14.0. The molecule has 2 aromatic carbocycles. The quantitative estimate of drug-likeness (QED) is 0.268. The summed E-state index contributed by atoms with van der Waals surface area (Å²) in [4.78, 5) is 34.5. The van der Waals surface area contributed by atoms with Gasteiger partial charge in [-0.15, -0.1) is 0 Å². The van der Waals surface area contributed by atoms with E-state index in [0.717, 1.165) is 11.8 Å². The Kier molecular flexibility index (Phi) is 6.05. The minimum absolute atomic E-state index is 0.0278. The van der Waals surface area contributed by atoms with Crippen LogP contribution in [0.25, 0.3) is 6.08 Å². The number of nitro benzene ring substituents is 1. The fraction of sp³-hybridized carbons (Fsp3) is 0.0526. The normalized spacial score (nSPS) is 10.6. The molecular weight excluding hydrogens is 376 g/mol. The van der Waals surface area contributed by atoms with Crippen molar-refractivity contribution in [2.45, 2.75) is 6.61 Å². The second-order valence-corrected chi connectivity index (χ2v) is 5.68. The van der Waals surface area contributed by atoms with E-state index in [4.69, 9.17) is 10.5 Å². The predicted octanol–water partition coefficient (Wildman–Crippen LogP) is 2.86. The maximum absolute atomic E-state index is 11.9. The molecule has 0 spiro atoms. The molecule has 0 atom stereocenters. The molecule has 3 rings (SSSR count). The summed E-state index contributed by atoms with van der Waals surface area (Å²) < 4.78 is 5.08. The van der Waals surface area contributed by atoms with E-state index < -0.39 is 10.9 Å². The van der Waals surface area contributed by atoms with E-state index in [9.17, 15) is 14.9 Å². The van der Waals surface area contributed by atoms with Crippen LogP contribution in [0.3, 0.4) is 0 Å². The zero-order chi connectivity index (χ0) is 20.6. The van der Waals surface area contributed by atoms with Gasteiger partial charge in [0.2, 0.25) is 11.9 Å². The zero-order valence-electron chi connectivity index (χ0n) is 15.1. The Morgan fingerprint density at radius 1 is 1.10 bits per heavy atom. The third-order valence-corrected chi connectivity index (χ3v) is 3.60. The maximum atomic E-state index is 11.9. The van der Waals surface area contributed by atoms with Gasteiger partial charge in [-0.3, -0.25) is 10.1 Å². The smallest absolute Gasteiger partial charge is 0.331 e. The van der Waals surface area contributed by atoms with E-state index in [1.807, 2.05) is 30.3 Å². The fourth-order valence-electron chi connectivity index (χ4n) is 2.35. The lowest BCUT2D eigenvalue weighted by Crippen LogP contribution is -2.10. The van der Waals surface area contributed by atoms with Crippen molar-refractivity contribution in [3.05, 3.63) is 82.2 Å². The summed E-state index contributed by atoms with van der Waals surface area (Å²) in [6.07, 6.45) is 2.40. The van der Waals surface area contributed by atoms with Gasteiger partial charge in [0.05, 0.1) is 10.5 Å². The molecule has 0 bridgehead atoms. The number of benzene rings is 2. The minimum Gasteiger partial charge on any atom is -0.454 e. The number of ether oxygens (including phenoxy) is 1. The Labute approximate surface area is 165 Å². The molecule has 0 aliphatic heterocycles. The first-order valence-corrected chi connectivity index (χ1v) is 8.42. The fourth-order valence-corrected chi connectivity index (χ4v) is 2.35. The topological polar surface area (TPSA) is 146 Å². The highest BCUT2D eigenvalue weighted by atomic mass is 16.6. The van der Waals surface area contributed by atoms with Crippen LogP contribution in [-0.2, 0) is 16.1 Å². The summed E-state index contributed by atoms with van der Waals surface area (Å²) in [6, 6.07) is 15.3. The van der Waals surface area contributed by atoms with Gasteiger partial charge in [-0.2, -0.15) is 15.0 Å². The van der Waals surface area contributed by atoms with Gasteiger partial charge in [-0.25, -0.2) is 4.79 Å². The van der Waals surface area contributed by atoms with Crippen molar-refractivity contribution in [3.63, 3.8) is 0 Å². The van der Waals surface area contributed by atoms with Crippen LogP contribution < -0.4 is 11.1 Å². The Morgan fingerprint density at radius 3 is 2.59 bits per heavy atom. The van der Waals surface area contributed by atoms with Crippen LogP contribution in [0.15, 0.2) is 60.7 Å². The van der Waals surface area contributed by atoms with Crippen LogP contribution in [0, 0.1) is 10.1 Å². The van der Waals surface area contributed by atoms with E-state index in [1.165, 1.54) is 18.2 Å². The molecule has 29 heavy (non-hydrogen) atoms. The van der Waals surface area contributed by atoms with Crippen LogP contribution >= 0.6 is 0 Å². The number of carbonyl (C=O) groups is 1. The molecule has 0 amide bonds. The molecule has 0 saturated carbocycles. The number of nitrogens with zero attached hydrogens (tertiary/aromatic N) is 4. The zero-order valence-corrected chi connectivity index (χ0v) is 15.1. The van der Waals surface area contributed by atoms with Crippen molar-refractivity contribution in [3.8, 4) is 0 Å².